The first-order chi connectivity index (χ1) is 10.3. The molecule has 2 aromatic rings. The normalized spacial score (nSPS) is 16.0. The van der Waals surface area contributed by atoms with Crippen molar-refractivity contribution in [3.63, 3.8) is 0 Å². The number of hydrogen-bond acceptors (Lipinski definition) is 6. The molecule has 1 N–H and O–H groups in total. The Morgan fingerprint density at radius 3 is 3.05 bits per heavy atom. The minimum Gasteiger partial charge on any atom is -0.491 e. The largest absolute Gasteiger partial charge is 0.491 e. The fraction of sp³-hybridized carbons (Fsp3) is 0.467. The van der Waals surface area contributed by atoms with E-state index in [9.17, 15) is 0 Å². The molecule has 0 saturated heterocycles. The van der Waals surface area contributed by atoms with Gasteiger partial charge in [0.1, 0.15) is 12.4 Å². The van der Waals surface area contributed by atoms with E-state index in [0.29, 0.717) is 25.1 Å². The van der Waals surface area contributed by atoms with Crippen molar-refractivity contribution in [1.82, 2.24) is 15.5 Å². The minimum absolute atomic E-state index is 0.0618. The number of hydrogen-bond donors (Lipinski definition) is 1. The summed E-state index contributed by atoms with van der Waals surface area (Å²) in [5.41, 5.74) is 1.13. The lowest BCUT2D eigenvalue weighted by molar-refractivity contribution is 0.328. The molecule has 2 heterocycles. The topological polar surface area (TPSA) is 63.4 Å². The second kappa shape index (κ2) is 6.13. The van der Waals surface area contributed by atoms with Crippen LogP contribution in [0.15, 0.2) is 28.7 Å². The maximum absolute atomic E-state index is 5.79. The summed E-state index contributed by atoms with van der Waals surface area (Å²) in [4.78, 5) is 2.06. The molecule has 0 fully saturated rings. The van der Waals surface area contributed by atoms with E-state index < -0.39 is 0 Å². The molecule has 6 nitrogen and oxygen atoms in total. The fourth-order valence-electron chi connectivity index (χ4n) is 2.41. The zero-order valence-electron chi connectivity index (χ0n) is 12.4. The van der Waals surface area contributed by atoms with Crippen LogP contribution in [0.25, 0.3) is 0 Å². The van der Waals surface area contributed by atoms with Crippen LogP contribution in [0.4, 0.5) is 6.01 Å². The highest BCUT2D eigenvalue weighted by atomic mass is 16.5. The molecule has 1 aliphatic rings. The first-order valence-electron chi connectivity index (χ1n) is 7.30. The molecule has 0 amide bonds. The van der Waals surface area contributed by atoms with Gasteiger partial charge in [-0.05, 0) is 19.5 Å². The Kier molecular flexibility index (Phi) is 4.06. The van der Waals surface area contributed by atoms with E-state index in [1.165, 1.54) is 0 Å². The van der Waals surface area contributed by atoms with E-state index in [0.717, 1.165) is 24.4 Å². The second-order valence-electron chi connectivity index (χ2n) is 5.08. The lowest BCUT2D eigenvalue weighted by Gasteiger charge is -2.16. The number of nitrogens with one attached hydrogen (secondary N) is 1. The third-order valence-electron chi connectivity index (χ3n) is 3.53. The molecular weight excluding hydrogens is 268 g/mol. The number of nitrogens with zero attached hydrogens (tertiary/aromatic N) is 3. The van der Waals surface area contributed by atoms with E-state index in [1.807, 2.05) is 25.1 Å². The predicted octanol–water partition coefficient (Wildman–Crippen LogP) is 2.14. The highest BCUT2D eigenvalue weighted by molar-refractivity contribution is 5.39. The van der Waals surface area contributed by atoms with Gasteiger partial charge in [-0.2, -0.15) is 0 Å². The van der Waals surface area contributed by atoms with Crippen LogP contribution in [-0.4, -0.2) is 29.9 Å². The lowest BCUT2D eigenvalue weighted by Crippen LogP contribution is -2.25. The van der Waals surface area contributed by atoms with Gasteiger partial charge in [0.15, 0.2) is 0 Å². The lowest BCUT2D eigenvalue weighted by atomic mass is 10.2. The Morgan fingerprint density at radius 2 is 2.19 bits per heavy atom. The summed E-state index contributed by atoms with van der Waals surface area (Å²) < 4.78 is 11.5. The molecule has 6 heteroatoms. The summed E-state index contributed by atoms with van der Waals surface area (Å²) in [6.45, 7) is 6.99. The van der Waals surface area contributed by atoms with Crippen LogP contribution in [0.3, 0.4) is 0 Å². The van der Waals surface area contributed by atoms with Gasteiger partial charge in [-0.3, -0.25) is 0 Å². The maximum Gasteiger partial charge on any atom is 0.318 e. The van der Waals surface area contributed by atoms with Gasteiger partial charge in [0.05, 0.1) is 19.1 Å². The third-order valence-corrected chi connectivity index (χ3v) is 3.53. The number of anilines is 1. The molecule has 0 spiro atoms. The van der Waals surface area contributed by atoms with E-state index in [2.05, 4.69) is 33.4 Å². The number of ether oxygens (including phenoxy) is 1. The van der Waals surface area contributed by atoms with Gasteiger partial charge in [-0.1, -0.05) is 30.2 Å². The molecule has 0 bridgehead atoms. The zero-order chi connectivity index (χ0) is 14.7. The Hall–Kier alpha value is -2.08. The molecule has 1 aliphatic heterocycles. The van der Waals surface area contributed by atoms with Crippen molar-refractivity contribution < 1.29 is 9.15 Å². The first kappa shape index (κ1) is 13.9. The summed E-state index contributed by atoms with van der Waals surface area (Å²) in [6.07, 6.45) is 0. The summed E-state index contributed by atoms with van der Waals surface area (Å²) >= 11 is 0. The molecule has 112 valence electrons. The monoisotopic (exact) mass is 288 g/mol. The third kappa shape index (κ3) is 3.00. The van der Waals surface area contributed by atoms with Crippen molar-refractivity contribution in [1.29, 1.82) is 0 Å². The zero-order valence-corrected chi connectivity index (χ0v) is 12.4. The molecule has 1 unspecified atom stereocenters. The van der Waals surface area contributed by atoms with Gasteiger partial charge in [-0.25, -0.2) is 0 Å². The SMILES string of the molecule is CCNC(C)c1nnc(N2CCOc3ccccc3C2)o1. The quantitative estimate of drug-likeness (QED) is 0.930. The maximum atomic E-state index is 5.79. The van der Waals surface area contributed by atoms with Crippen LogP contribution in [0, 0.1) is 0 Å². The summed E-state index contributed by atoms with van der Waals surface area (Å²) in [5, 5.41) is 11.6. The average Bonchev–Trinajstić information content (AvgIpc) is 2.88. The highest BCUT2D eigenvalue weighted by Crippen LogP contribution is 2.26. The Balaban J connectivity index is 1.78. The molecule has 1 aromatic heterocycles. The molecule has 21 heavy (non-hydrogen) atoms. The Bertz CT molecular complexity index is 599. The fourth-order valence-corrected chi connectivity index (χ4v) is 2.41. The molecule has 1 aromatic carbocycles. The van der Waals surface area contributed by atoms with Crippen LogP contribution in [0.1, 0.15) is 31.3 Å². The van der Waals surface area contributed by atoms with Crippen LogP contribution in [-0.2, 0) is 6.54 Å². The molecular formula is C15H20N4O2. The van der Waals surface area contributed by atoms with Gasteiger partial charge in [0, 0.05) is 5.56 Å². The molecule has 0 saturated carbocycles. The highest BCUT2D eigenvalue weighted by Gasteiger charge is 2.21. The molecule has 0 aliphatic carbocycles. The van der Waals surface area contributed by atoms with Gasteiger partial charge < -0.3 is 19.4 Å². The van der Waals surface area contributed by atoms with E-state index in [-0.39, 0.29) is 6.04 Å². The summed E-state index contributed by atoms with van der Waals surface area (Å²) in [6, 6.07) is 8.66. The second-order valence-corrected chi connectivity index (χ2v) is 5.08. The van der Waals surface area contributed by atoms with Crippen molar-refractivity contribution >= 4 is 6.01 Å². The van der Waals surface area contributed by atoms with Crippen LogP contribution in [0.5, 0.6) is 5.75 Å². The van der Waals surface area contributed by atoms with E-state index >= 15 is 0 Å². The molecule has 3 rings (SSSR count). The average molecular weight is 288 g/mol. The molecule has 1 atom stereocenters. The van der Waals surface area contributed by atoms with Gasteiger partial charge >= 0.3 is 6.01 Å². The van der Waals surface area contributed by atoms with Crippen molar-refractivity contribution in [2.45, 2.75) is 26.4 Å². The van der Waals surface area contributed by atoms with Crippen molar-refractivity contribution in [2.75, 3.05) is 24.6 Å². The van der Waals surface area contributed by atoms with Crippen molar-refractivity contribution in [2.24, 2.45) is 0 Å². The van der Waals surface area contributed by atoms with Crippen LogP contribution in [0.2, 0.25) is 0 Å². The Morgan fingerprint density at radius 1 is 1.33 bits per heavy atom. The number of rotatable bonds is 4. The Labute approximate surface area is 124 Å². The number of aromatic nitrogens is 2. The molecule has 0 radical (unpaired) electrons. The first-order valence-corrected chi connectivity index (χ1v) is 7.30. The predicted molar refractivity (Wildman–Crippen MR) is 79.4 cm³/mol. The number of para-hydroxylation sites is 1. The van der Waals surface area contributed by atoms with Gasteiger partial charge in [-0.15, -0.1) is 5.10 Å². The minimum atomic E-state index is 0.0618. The summed E-state index contributed by atoms with van der Waals surface area (Å²) in [5.74, 6) is 1.55. The summed E-state index contributed by atoms with van der Waals surface area (Å²) in [7, 11) is 0. The van der Waals surface area contributed by atoms with Gasteiger partial charge in [0.25, 0.3) is 0 Å². The number of fused-ring (bicyclic) bond motifs is 1. The van der Waals surface area contributed by atoms with Crippen LogP contribution < -0.4 is 15.0 Å². The van der Waals surface area contributed by atoms with E-state index in [4.69, 9.17) is 9.15 Å². The van der Waals surface area contributed by atoms with Crippen LogP contribution >= 0.6 is 0 Å². The van der Waals surface area contributed by atoms with Crippen molar-refractivity contribution in [3.8, 4) is 5.75 Å². The van der Waals surface area contributed by atoms with Crippen molar-refractivity contribution in [3.05, 3.63) is 35.7 Å². The smallest absolute Gasteiger partial charge is 0.318 e. The van der Waals surface area contributed by atoms with E-state index in [1.54, 1.807) is 0 Å². The van der Waals surface area contributed by atoms with Gasteiger partial charge in [0.2, 0.25) is 5.89 Å². The number of benzene rings is 1. The standard InChI is InChI=1S/C15H20N4O2/c1-3-16-11(2)14-17-18-15(21-14)19-8-9-20-13-7-5-4-6-12(13)10-19/h4-7,11,16H,3,8-10H2,1-2H3.